The zero-order valence-electron chi connectivity index (χ0n) is 15.1. The van der Waals surface area contributed by atoms with E-state index in [1.807, 2.05) is 19.1 Å². The van der Waals surface area contributed by atoms with Gasteiger partial charge in [-0.05, 0) is 67.3 Å². The molecule has 0 amide bonds. The molecule has 2 aromatic carbocycles. The van der Waals surface area contributed by atoms with Gasteiger partial charge in [0, 0.05) is 6.04 Å². The highest BCUT2D eigenvalue weighted by atomic mass is 32.2. The fraction of sp³-hybridized carbons (Fsp3) is 0.368. The highest BCUT2D eigenvalue weighted by molar-refractivity contribution is 7.89. The lowest BCUT2D eigenvalue weighted by atomic mass is 10.1. The topological polar surface area (TPSA) is 73.9 Å². The van der Waals surface area contributed by atoms with E-state index in [-0.39, 0.29) is 10.9 Å². The van der Waals surface area contributed by atoms with Crippen LogP contribution < -0.4 is 18.9 Å². The molecular weight excluding hydrogens is 354 g/mol. The van der Waals surface area contributed by atoms with Crippen LogP contribution in [0.2, 0.25) is 0 Å². The number of benzene rings is 2. The van der Waals surface area contributed by atoms with E-state index < -0.39 is 10.0 Å². The number of nitrogens with one attached hydrogen (secondary N) is 1. The third-order valence-corrected chi connectivity index (χ3v) is 5.95. The Morgan fingerprint density at radius 2 is 1.73 bits per heavy atom. The Labute approximate surface area is 154 Å². The van der Waals surface area contributed by atoms with Crippen molar-refractivity contribution in [2.24, 2.45) is 0 Å². The Kier molecular flexibility index (Phi) is 5.38. The van der Waals surface area contributed by atoms with E-state index in [0.29, 0.717) is 30.3 Å². The van der Waals surface area contributed by atoms with Crippen LogP contribution in [0, 0.1) is 0 Å². The summed E-state index contributed by atoms with van der Waals surface area (Å²) in [4.78, 5) is 0.217. The molecule has 0 fully saturated rings. The summed E-state index contributed by atoms with van der Waals surface area (Å²) in [5.74, 6) is 1.90. The number of sulfonamides is 1. The van der Waals surface area contributed by atoms with Crippen molar-refractivity contribution < 1.29 is 22.6 Å². The minimum absolute atomic E-state index is 0.217. The molecule has 0 aromatic heterocycles. The molecule has 1 atom stereocenters. The number of methoxy groups -OCH3 is 2. The van der Waals surface area contributed by atoms with E-state index in [9.17, 15) is 8.42 Å². The van der Waals surface area contributed by atoms with Crippen molar-refractivity contribution in [3.63, 3.8) is 0 Å². The average molecular weight is 377 g/mol. The van der Waals surface area contributed by atoms with Gasteiger partial charge in [0.2, 0.25) is 10.0 Å². The number of rotatable bonds is 7. The summed E-state index contributed by atoms with van der Waals surface area (Å²) in [6.45, 7) is 2.42. The summed E-state index contributed by atoms with van der Waals surface area (Å²) in [7, 11) is -0.475. The van der Waals surface area contributed by atoms with Gasteiger partial charge in [-0.3, -0.25) is 0 Å². The summed E-state index contributed by atoms with van der Waals surface area (Å²) in [6, 6.07) is 9.91. The summed E-state index contributed by atoms with van der Waals surface area (Å²) in [5, 5.41) is 0. The zero-order valence-corrected chi connectivity index (χ0v) is 15.9. The second-order valence-electron chi connectivity index (χ2n) is 6.02. The van der Waals surface area contributed by atoms with E-state index in [4.69, 9.17) is 14.2 Å². The molecule has 0 spiro atoms. The maximum Gasteiger partial charge on any atom is 0.241 e. The quantitative estimate of drug-likeness (QED) is 0.803. The van der Waals surface area contributed by atoms with Gasteiger partial charge in [-0.1, -0.05) is 0 Å². The van der Waals surface area contributed by atoms with Crippen LogP contribution in [-0.2, 0) is 16.4 Å². The van der Waals surface area contributed by atoms with Crippen molar-refractivity contribution in [1.29, 1.82) is 0 Å². The van der Waals surface area contributed by atoms with E-state index in [1.165, 1.54) is 0 Å². The summed E-state index contributed by atoms with van der Waals surface area (Å²) in [5.41, 5.74) is 2.00. The van der Waals surface area contributed by atoms with Crippen molar-refractivity contribution >= 4 is 10.0 Å². The minimum atomic E-state index is -3.63. The van der Waals surface area contributed by atoms with Gasteiger partial charge in [0.1, 0.15) is 5.75 Å². The van der Waals surface area contributed by atoms with E-state index in [2.05, 4.69) is 4.72 Å². The Morgan fingerprint density at radius 1 is 1.08 bits per heavy atom. The zero-order chi connectivity index (χ0) is 18.7. The predicted octanol–water partition coefficient (Wildman–Crippen LogP) is 3.07. The molecule has 0 saturated carbocycles. The van der Waals surface area contributed by atoms with Gasteiger partial charge < -0.3 is 14.2 Å². The SMILES string of the molecule is CCOc1ccc(S(=O)(=O)NC2CCc3cc(OC)c(OC)cc32)cc1. The molecule has 1 unspecified atom stereocenters. The van der Waals surface area contributed by atoms with Crippen molar-refractivity contribution in [3.8, 4) is 17.2 Å². The Balaban J connectivity index is 1.84. The number of hydrogen-bond donors (Lipinski definition) is 1. The molecule has 1 aliphatic carbocycles. The van der Waals surface area contributed by atoms with Gasteiger partial charge in [0.15, 0.2) is 11.5 Å². The molecule has 7 heteroatoms. The highest BCUT2D eigenvalue weighted by Gasteiger charge is 2.29. The molecule has 0 bridgehead atoms. The summed E-state index contributed by atoms with van der Waals surface area (Å²) in [6.07, 6.45) is 1.48. The first-order valence-electron chi connectivity index (χ1n) is 8.48. The minimum Gasteiger partial charge on any atom is -0.494 e. The maximum absolute atomic E-state index is 12.7. The number of ether oxygens (including phenoxy) is 3. The molecule has 0 saturated heterocycles. The normalized spacial score (nSPS) is 16.2. The Hall–Kier alpha value is -2.25. The van der Waals surface area contributed by atoms with Gasteiger partial charge in [0.25, 0.3) is 0 Å². The lowest BCUT2D eigenvalue weighted by Gasteiger charge is -2.16. The molecular formula is C19H23NO5S. The number of aryl methyl sites for hydroxylation is 1. The number of fused-ring (bicyclic) bond motifs is 1. The first kappa shape index (κ1) is 18.5. The fourth-order valence-electron chi connectivity index (χ4n) is 3.19. The van der Waals surface area contributed by atoms with Crippen LogP contribution in [0.15, 0.2) is 41.3 Å². The largest absolute Gasteiger partial charge is 0.494 e. The smallest absolute Gasteiger partial charge is 0.241 e. The molecule has 1 N–H and O–H groups in total. The van der Waals surface area contributed by atoms with Gasteiger partial charge in [-0.2, -0.15) is 0 Å². The van der Waals surface area contributed by atoms with Gasteiger partial charge in [-0.25, -0.2) is 13.1 Å². The molecule has 140 valence electrons. The molecule has 0 heterocycles. The Morgan fingerprint density at radius 3 is 2.35 bits per heavy atom. The van der Waals surface area contributed by atoms with Crippen LogP contribution in [0.1, 0.15) is 30.5 Å². The first-order valence-corrected chi connectivity index (χ1v) is 9.96. The van der Waals surface area contributed by atoms with E-state index in [1.54, 1.807) is 38.5 Å². The molecule has 0 radical (unpaired) electrons. The number of hydrogen-bond acceptors (Lipinski definition) is 5. The van der Waals surface area contributed by atoms with Crippen LogP contribution in [-0.4, -0.2) is 29.2 Å². The lowest BCUT2D eigenvalue weighted by Crippen LogP contribution is -2.27. The van der Waals surface area contributed by atoms with Crippen molar-refractivity contribution in [2.45, 2.75) is 30.7 Å². The van der Waals surface area contributed by atoms with Gasteiger partial charge >= 0.3 is 0 Å². The van der Waals surface area contributed by atoms with Crippen LogP contribution in [0.4, 0.5) is 0 Å². The fourth-order valence-corrected chi connectivity index (χ4v) is 4.44. The lowest BCUT2D eigenvalue weighted by molar-refractivity contribution is 0.340. The molecule has 0 aliphatic heterocycles. The highest BCUT2D eigenvalue weighted by Crippen LogP contribution is 2.39. The van der Waals surface area contributed by atoms with Crippen molar-refractivity contribution in [2.75, 3.05) is 20.8 Å². The van der Waals surface area contributed by atoms with Crippen LogP contribution in [0.5, 0.6) is 17.2 Å². The third-order valence-electron chi connectivity index (χ3n) is 4.47. The molecule has 2 aromatic rings. The van der Waals surface area contributed by atoms with Gasteiger partial charge in [0.05, 0.1) is 25.7 Å². The molecule has 6 nitrogen and oxygen atoms in total. The van der Waals surface area contributed by atoms with E-state index >= 15 is 0 Å². The molecule has 3 rings (SSSR count). The maximum atomic E-state index is 12.7. The van der Waals surface area contributed by atoms with Crippen molar-refractivity contribution in [1.82, 2.24) is 4.72 Å². The second kappa shape index (κ2) is 7.55. The summed E-state index contributed by atoms with van der Waals surface area (Å²) < 4.78 is 44.3. The summed E-state index contributed by atoms with van der Waals surface area (Å²) >= 11 is 0. The van der Waals surface area contributed by atoms with Crippen LogP contribution >= 0.6 is 0 Å². The second-order valence-corrected chi connectivity index (χ2v) is 7.74. The molecule has 26 heavy (non-hydrogen) atoms. The van der Waals surface area contributed by atoms with Crippen LogP contribution in [0.25, 0.3) is 0 Å². The predicted molar refractivity (Wildman–Crippen MR) is 98.5 cm³/mol. The van der Waals surface area contributed by atoms with Crippen molar-refractivity contribution in [3.05, 3.63) is 47.5 Å². The Bertz CT molecular complexity index is 878. The first-order chi connectivity index (χ1) is 12.5. The van der Waals surface area contributed by atoms with Crippen LogP contribution in [0.3, 0.4) is 0 Å². The molecule has 1 aliphatic rings. The third kappa shape index (κ3) is 3.64. The monoisotopic (exact) mass is 377 g/mol. The average Bonchev–Trinajstić information content (AvgIpc) is 3.02. The van der Waals surface area contributed by atoms with E-state index in [0.717, 1.165) is 17.5 Å². The van der Waals surface area contributed by atoms with Gasteiger partial charge in [-0.15, -0.1) is 0 Å². The standard InChI is InChI=1S/C19H23NO5S/c1-4-25-14-6-8-15(9-7-14)26(21,22)20-17-10-5-13-11-18(23-2)19(24-3)12-16(13)17/h6-9,11-12,17,20H,4-5,10H2,1-3H3.